The van der Waals surface area contributed by atoms with Crippen molar-refractivity contribution in [2.45, 2.75) is 33.6 Å². The standard InChI is InChI=1S/C18H22N4O2/c1-11-6-12(2)8-15(7-11)22-16(9-13(3)21-22)20-17(23)10-19-18(24)14-4-5-14/h6-9,14H,4-5,10H2,1-3H3,(H,19,24)(H,20,23). The first-order chi connectivity index (χ1) is 11.4. The van der Waals surface area contributed by atoms with E-state index in [0.29, 0.717) is 5.82 Å². The highest BCUT2D eigenvalue weighted by Gasteiger charge is 2.29. The van der Waals surface area contributed by atoms with Crippen molar-refractivity contribution in [1.29, 1.82) is 0 Å². The Morgan fingerprint density at radius 2 is 1.79 bits per heavy atom. The Morgan fingerprint density at radius 1 is 1.12 bits per heavy atom. The lowest BCUT2D eigenvalue weighted by atomic mass is 10.1. The highest BCUT2D eigenvalue weighted by Crippen LogP contribution is 2.28. The monoisotopic (exact) mass is 326 g/mol. The molecule has 2 aromatic rings. The average Bonchev–Trinajstić information content (AvgIpc) is 3.28. The third-order valence-electron chi connectivity index (χ3n) is 3.92. The van der Waals surface area contributed by atoms with Crippen LogP contribution in [0.1, 0.15) is 29.7 Å². The van der Waals surface area contributed by atoms with E-state index in [4.69, 9.17) is 0 Å². The summed E-state index contributed by atoms with van der Waals surface area (Å²) in [6.45, 7) is 5.91. The molecule has 24 heavy (non-hydrogen) atoms. The van der Waals surface area contributed by atoms with Crippen molar-refractivity contribution in [3.05, 3.63) is 41.1 Å². The molecule has 2 amide bonds. The first kappa shape index (κ1) is 16.2. The summed E-state index contributed by atoms with van der Waals surface area (Å²) in [6.07, 6.45) is 1.85. The van der Waals surface area contributed by atoms with Crippen LogP contribution in [-0.2, 0) is 9.59 Å². The third kappa shape index (κ3) is 3.82. The van der Waals surface area contributed by atoms with Gasteiger partial charge >= 0.3 is 0 Å². The van der Waals surface area contributed by atoms with Crippen LogP contribution < -0.4 is 10.6 Å². The van der Waals surface area contributed by atoms with Gasteiger partial charge < -0.3 is 10.6 Å². The Balaban J connectivity index is 1.73. The number of anilines is 1. The van der Waals surface area contributed by atoms with Gasteiger partial charge in [-0.25, -0.2) is 4.68 Å². The number of hydrogen-bond donors (Lipinski definition) is 2. The van der Waals surface area contributed by atoms with Gasteiger partial charge in [-0.3, -0.25) is 9.59 Å². The van der Waals surface area contributed by atoms with Crippen molar-refractivity contribution in [2.24, 2.45) is 5.92 Å². The maximum Gasteiger partial charge on any atom is 0.244 e. The van der Waals surface area contributed by atoms with Gasteiger partial charge in [-0.15, -0.1) is 0 Å². The summed E-state index contributed by atoms with van der Waals surface area (Å²) in [7, 11) is 0. The number of carbonyl (C=O) groups excluding carboxylic acids is 2. The van der Waals surface area contributed by atoms with Crippen LogP contribution in [0.25, 0.3) is 5.69 Å². The maximum absolute atomic E-state index is 12.1. The molecule has 0 radical (unpaired) electrons. The molecule has 0 spiro atoms. The number of carbonyl (C=O) groups is 2. The molecule has 126 valence electrons. The van der Waals surface area contributed by atoms with Crippen LogP contribution in [0.2, 0.25) is 0 Å². The predicted molar refractivity (Wildman–Crippen MR) is 92.1 cm³/mol. The summed E-state index contributed by atoms with van der Waals surface area (Å²) < 4.78 is 1.72. The summed E-state index contributed by atoms with van der Waals surface area (Å²) in [5, 5.41) is 9.96. The number of aromatic nitrogens is 2. The lowest BCUT2D eigenvalue weighted by molar-refractivity contribution is -0.125. The van der Waals surface area contributed by atoms with Crippen LogP contribution in [0, 0.1) is 26.7 Å². The molecule has 0 saturated heterocycles. The highest BCUT2D eigenvalue weighted by molar-refractivity contribution is 5.94. The van der Waals surface area contributed by atoms with E-state index in [0.717, 1.165) is 35.3 Å². The molecular formula is C18H22N4O2. The Bertz CT molecular complexity index is 770. The molecule has 3 rings (SSSR count). The van der Waals surface area contributed by atoms with Crippen LogP contribution in [0.15, 0.2) is 24.3 Å². The van der Waals surface area contributed by atoms with E-state index in [1.54, 1.807) is 4.68 Å². The molecule has 0 aliphatic heterocycles. The summed E-state index contributed by atoms with van der Waals surface area (Å²) in [5.74, 6) is 0.405. The zero-order valence-electron chi connectivity index (χ0n) is 14.2. The number of hydrogen-bond acceptors (Lipinski definition) is 3. The van der Waals surface area contributed by atoms with Gasteiger partial charge in [-0.05, 0) is 56.9 Å². The van der Waals surface area contributed by atoms with Gasteiger partial charge in [-0.2, -0.15) is 5.10 Å². The first-order valence-corrected chi connectivity index (χ1v) is 8.15. The van der Waals surface area contributed by atoms with Crippen molar-refractivity contribution < 1.29 is 9.59 Å². The van der Waals surface area contributed by atoms with Crippen molar-refractivity contribution in [2.75, 3.05) is 11.9 Å². The molecule has 1 saturated carbocycles. The highest BCUT2D eigenvalue weighted by atomic mass is 16.2. The minimum absolute atomic E-state index is 0.0214. The summed E-state index contributed by atoms with van der Waals surface area (Å²) in [6, 6.07) is 7.94. The minimum Gasteiger partial charge on any atom is -0.347 e. The Kier molecular flexibility index (Phi) is 4.38. The van der Waals surface area contributed by atoms with E-state index in [1.165, 1.54) is 0 Å². The number of amides is 2. The zero-order valence-corrected chi connectivity index (χ0v) is 14.2. The Labute approximate surface area is 141 Å². The molecule has 0 atom stereocenters. The van der Waals surface area contributed by atoms with E-state index < -0.39 is 0 Å². The van der Waals surface area contributed by atoms with Gasteiger partial charge in [0.1, 0.15) is 5.82 Å². The van der Waals surface area contributed by atoms with Crippen molar-refractivity contribution in [3.63, 3.8) is 0 Å². The van der Waals surface area contributed by atoms with E-state index in [2.05, 4.69) is 21.8 Å². The molecular weight excluding hydrogens is 304 g/mol. The van der Waals surface area contributed by atoms with Gasteiger partial charge in [0.25, 0.3) is 0 Å². The number of benzene rings is 1. The second-order valence-electron chi connectivity index (χ2n) is 6.47. The molecule has 0 unspecified atom stereocenters. The van der Waals surface area contributed by atoms with Crippen LogP contribution in [0.5, 0.6) is 0 Å². The van der Waals surface area contributed by atoms with E-state index in [-0.39, 0.29) is 24.3 Å². The molecule has 1 heterocycles. The van der Waals surface area contributed by atoms with Crippen LogP contribution in [0.3, 0.4) is 0 Å². The molecule has 2 N–H and O–H groups in total. The lowest BCUT2D eigenvalue weighted by Crippen LogP contribution is -2.34. The van der Waals surface area contributed by atoms with Gasteiger partial charge in [0.2, 0.25) is 11.8 Å². The van der Waals surface area contributed by atoms with Gasteiger partial charge in [-0.1, -0.05) is 6.07 Å². The SMILES string of the molecule is Cc1cc(C)cc(-n2nc(C)cc2NC(=O)CNC(=O)C2CC2)c1. The molecule has 1 aliphatic rings. The second kappa shape index (κ2) is 6.47. The van der Waals surface area contributed by atoms with Crippen LogP contribution in [0.4, 0.5) is 5.82 Å². The molecule has 6 heteroatoms. The zero-order chi connectivity index (χ0) is 17.3. The summed E-state index contributed by atoms with van der Waals surface area (Å²) in [5.41, 5.74) is 3.98. The molecule has 1 fully saturated rings. The fraction of sp³-hybridized carbons (Fsp3) is 0.389. The minimum atomic E-state index is -0.255. The molecule has 1 aliphatic carbocycles. The molecule has 1 aromatic carbocycles. The molecule has 0 bridgehead atoms. The van der Waals surface area contributed by atoms with Gasteiger partial charge in [0.15, 0.2) is 0 Å². The van der Waals surface area contributed by atoms with E-state index >= 15 is 0 Å². The topological polar surface area (TPSA) is 76.0 Å². The smallest absolute Gasteiger partial charge is 0.244 e. The average molecular weight is 326 g/mol. The quantitative estimate of drug-likeness (QED) is 0.885. The van der Waals surface area contributed by atoms with Crippen LogP contribution in [-0.4, -0.2) is 28.1 Å². The maximum atomic E-state index is 12.1. The third-order valence-corrected chi connectivity index (χ3v) is 3.92. The summed E-state index contributed by atoms with van der Waals surface area (Å²) in [4.78, 5) is 23.7. The van der Waals surface area contributed by atoms with E-state index in [1.807, 2.05) is 39.0 Å². The second-order valence-corrected chi connectivity index (χ2v) is 6.47. The largest absolute Gasteiger partial charge is 0.347 e. The van der Waals surface area contributed by atoms with Crippen molar-refractivity contribution in [1.82, 2.24) is 15.1 Å². The number of aryl methyl sites for hydroxylation is 3. The van der Waals surface area contributed by atoms with Crippen LogP contribution >= 0.6 is 0 Å². The molecule has 1 aromatic heterocycles. The Morgan fingerprint density at radius 3 is 2.42 bits per heavy atom. The number of nitrogens with one attached hydrogen (secondary N) is 2. The normalized spacial score (nSPS) is 13.6. The first-order valence-electron chi connectivity index (χ1n) is 8.15. The van der Waals surface area contributed by atoms with Crippen molar-refractivity contribution >= 4 is 17.6 Å². The van der Waals surface area contributed by atoms with E-state index in [9.17, 15) is 9.59 Å². The fourth-order valence-corrected chi connectivity index (χ4v) is 2.70. The van der Waals surface area contributed by atoms with Crippen molar-refractivity contribution in [3.8, 4) is 5.69 Å². The van der Waals surface area contributed by atoms with Gasteiger partial charge in [0.05, 0.1) is 17.9 Å². The number of nitrogens with zero attached hydrogens (tertiary/aromatic N) is 2. The lowest BCUT2D eigenvalue weighted by Gasteiger charge is -2.11. The molecule has 6 nitrogen and oxygen atoms in total. The fourth-order valence-electron chi connectivity index (χ4n) is 2.70. The Hall–Kier alpha value is -2.63. The predicted octanol–water partition coefficient (Wildman–Crippen LogP) is 2.26. The number of rotatable bonds is 5. The summed E-state index contributed by atoms with van der Waals surface area (Å²) >= 11 is 0. The van der Waals surface area contributed by atoms with Gasteiger partial charge in [0, 0.05) is 12.0 Å².